The average Bonchev–Trinajstić information content (AvgIpc) is 3.36. The quantitative estimate of drug-likeness (QED) is 0.416. The summed E-state index contributed by atoms with van der Waals surface area (Å²) in [7, 11) is 0. The van der Waals surface area contributed by atoms with E-state index in [4.69, 9.17) is 5.73 Å². The summed E-state index contributed by atoms with van der Waals surface area (Å²) in [6, 6.07) is 16.8. The summed E-state index contributed by atoms with van der Waals surface area (Å²) in [6.45, 7) is 6.17. The van der Waals surface area contributed by atoms with E-state index < -0.39 is 0 Å². The highest BCUT2D eigenvalue weighted by Crippen LogP contribution is 2.36. The van der Waals surface area contributed by atoms with E-state index in [1.54, 1.807) is 0 Å². The van der Waals surface area contributed by atoms with E-state index in [1.165, 1.54) is 38.8 Å². The van der Waals surface area contributed by atoms with Gasteiger partial charge in [0, 0.05) is 46.0 Å². The van der Waals surface area contributed by atoms with Gasteiger partial charge in [0.1, 0.15) is 5.82 Å². The number of rotatable bonds is 2. The summed E-state index contributed by atoms with van der Waals surface area (Å²) in [5, 5.41) is 6.05. The fourth-order valence-corrected chi connectivity index (χ4v) is 3.80. The van der Waals surface area contributed by atoms with Crippen molar-refractivity contribution in [3.05, 3.63) is 65.9 Å². The number of fused-ring (bicyclic) bond motifs is 4. The van der Waals surface area contributed by atoms with Crippen LogP contribution in [0, 0.1) is 0 Å². The van der Waals surface area contributed by atoms with Crippen molar-refractivity contribution in [2.45, 2.75) is 25.7 Å². The first-order valence-electron chi connectivity index (χ1n) is 9.29. The van der Waals surface area contributed by atoms with Crippen molar-refractivity contribution in [2.24, 2.45) is 5.73 Å². The van der Waals surface area contributed by atoms with Gasteiger partial charge in [0.15, 0.2) is 0 Å². The number of anilines is 1. The van der Waals surface area contributed by atoms with Gasteiger partial charge in [0.25, 0.3) is 0 Å². The van der Waals surface area contributed by atoms with E-state index in [0.29, 0.717) is 18.4 Å². The lowest BCUT2D eigenvalue weighted by Gasteiger charge is -2.05. The summed E-state index contributed by atoms with van der Waals surface area (Å²) in [5.74, 6) is 2.27. The minimum atomic E-state index is 0.427. The van der Waals surface area contributed by atoms with Crippen LogP contribution in [0.2, 0.25) is 0 Å². The van der Waals surface area contributed by atoms with Crippen LogP contribution in [0.5, 0.6) is 0 Å². The Hall–Kier alpha value is -2.72. The summed E-state index contributed by atoms with van der Waals surface area (Å²) in [6.07, 6.45) is 2.06. The van der Waals surface area contributed by atoms with Gasteiger partial charge in [0.2, 0.25) is 0 Å². The number of aromatic amines is 2. The van der Waals surface area contributed by atoms with Crippen LogP contribution in [0.15, 0.2) is 54.7 Å². The topological polar surface area (TPSA) is 69.6 Å². The van der Waals surface area contributed by atoms with Crippen LogP contribution in [0.25, 0.3) is 21.8 Å². The van der Waals surface area contributed by atoms with Crippen LogP contribution >= 0.6 is 0 Å². The number of hydrogen-bond donors (Lipinski definition) is 4. The highest BCUT2D eigenvalue weighted by atomic mass is 15.0. The van der Waals surface area contributed by atoms with Crippen LogP contribution < -0.4 is 11.1 Å². The van der Waals surface area contributed by atoms with Gasteiger partial charge in [-0.1, -0.05) is 50.2 Å². The molecule has 0 amide bonds. The van der Waals surface area contributed by atoms with Crippen molar-refractivity contribution in [1.82, 2.24) is 9.97 Å². The van der Waals surface area contributed by atoms with Gasteiger partial charge in [-0.25, -0.2) is 0 Å². The summed E-state index contributed by atoms with van der Waals surface area (Å²) in [5.41, 5.74) is 10.8. The maximum Gasteiger partial charge on any atom is 0.107 e. The molecule has 4 aromatic rings. The van der Waals surface area contributed by atoms with Gasteiger partial charge in [-0.15, -0.1) is 0 Å². The number of H-pyrrole nitrogens is 2. The number of para-hydroxylation sites is 2. The molecule has 2 aromatic heterocycles. The van der Waals surface area contributed by atoms with Crippen molar-refractivity contribution in [2.75, 3.05) is 18.4 Å². The average molecular weight is 346 g/mol. The van der Waals surface area contributed by atoms with E-state index in [1.807, 2.05) is 6.07 Å². The van der Waals surface area contributed by atoms with Crippen molar-refractivity contribution in [1.29, 1.82) is 0 Å². The Morgan fingerprint density at radius 3 is 2.50 bits per heavy atom. The van der Waals surface area contributed by atoms with Gasteiger partial charge in [0.05, 0.1) is 0 Å². The molecular formula is C22H26N4. The minimum Gasteiger partial charge on any atom is -0.371 e. The second-order valence-corrected chi connectivity index (χ2v) is 7.17. The maximum atomic E-state index is 5.64. The lowest BCUT2D eigenvalue weighted by atomic mass is 10.0. The van der Waals surface area contributed by atoms with Gasteiger partial charge in [-0.2, -0.15) is 0 Å². The fourth-order valence-electron chi connectivity index (χ4n) is 3.80. The third-order valence-corrected chi connectivity index (χ3v) is 5.33. The zero-order valence-electron chi connectivity index (χ0n) is 15.3. The number of benzene rings is 2. The SMILES string of the molecule is CC(CN)c1c[nH]c2ccccc12.CC1CNc2[nH]c3ccccc3c21. The minimum absolute atomic E-state index is 0.427. The molecule has 0 fully saturated rings. The van der Waals surface area contributed by atoms with Crippen molar-refractivity contribution in [3.8, 4) is 0 Å². The molecule has 26 heavy (non-hydrogen) atoms. The van der Waals surface area contributed by atoms with E-state index in [2.05, 4.69) is 77.8 Å². The maximum absolute atomic E-state index is 5.64. The Bertz CT molecular complexity index is 1030. The lowest BCUT2D eigenvalue weighted by molar-refractivity contribution is 0.780. The standard InChI is InChI=1S/C11H12N2.C11H14N2/c1-7-6-12-11-10(7)8-4-2-3-5-9(8)13-11;1-8(6-12)10-7-13-11-5-3-2-4-9(10)11/h2-5,7,12-13H,6H2,1H3;2-5,7-8,13H,6,12H2,1H3. The molecule has 1 aliphatic rings. The van der Waals surface area contributed by atoms with Gasteiger partial charge >= 0.3 is 0 Å². The fraction of sp³-hybridized carbons (Fsp3) is 0.273. The third-order valence-electron chi connectivity index (χ3n) is 5.33. The molecule has 1 aliphatic heterocycles. The van der Waals surface area contributed by atoms with Crippen LogP contribution in [0.1, 0.15) is 36.8 Å². The van der Waals surface area contributed by atoms with Gasteiger partial charge < -0.3 is 21.0 Å². The summed E-state index contributed by atoms with van der Waals surface area (Å²) < 4.78 is 0. The number of nitrogens with two attached hydrogens (primary N) is 1. The molecular weight excluding hydrogens is 320 g/mol. The molecule has 0 bridgehead atoms. The second-order valence-electron chi connectivity index (χ2n) is 7.17. The summed E-state index contributed by atoms with van der Waals surface area (Å²) >= 11 is 0. The van der Waals surface area contributed by atoms with Gasteiger partial charge in [-0.05, 0) is 30.2 Å². The van der Waals surface area contributed by atoms with Crippen LogP contribution in [0.4, 0.5) is 5.82 Å². The zero-order valence-corrected chi connectivity index (χ0v) is 15.3. The Morgan fingerprint density at radius 1 is 1.04 bits per heavy atom. The Morgan fingerprint density at radius 2 is 1.73 bits per heavy atom. The van der Waals surface area contributed by atoms with Crippen LogP contribution in [0.3, 0.4) is 0 Å². The zero-order chi connectivity index (χ0) is 18.1. The number of aromatic nitrogens is 2. The van der Waals surface area contributed by atoms with E-state index >= 15 is 0 Å². The van der Waals surface area contributed by atoms with E-state index in [0.717, 1.165) is 6.54 Å². The normalized spacial score (nSPS) is 16.8. The molecule has 5 rings (SSSR count). The molecule has 2 atom stereocenters. The highest BCUT2D eigenvalue weighted by molar-refractivity contribution is 5.90. The van der Waals surface area contributed by atoms with Gasteiger partial charge in [-0.3, -0.25) is 0 Å². The highest BCUT2D eigenvalue weighted by Gasteiger charge is 2.22. The van der Waals surface area contributed by atoms with E-state index in [9.17, 15) is 0 Å². The molecule has 0 aliphatic carbocycles. The Balaban J connectivity index is 0.000000129. The first-order valence-corrected chi connectivity index (χ1v) is 9.29. The van der Waals surface area contributed by atoms with Crippen molar-refractivity contribution >= 4 is 27.6 Å². The smallest absolute Gasteiger partial charge is 0.107 e. The number of nitrogens with one attached hydrogen (secondary N) is 3. The molecule has 134 valence electrons. The Labute approximate surface area is 153 Å². The number of hydrogen-bond acceptors (Lipinski definition) is 2. The van der Waals surface area contributed by atoms with E-state index in [-0.39, 0.29) is 0 Å². The first-order chi connectivity index (χ1) is 12.7. The monoisotopic (exact) mass is 346 g/mol. The summed E-state index contributed by atoms with van der Waals surface area (Å²) in [4.78, 5) is 6.64. The molecule has 4 nitrogen and oxygen atoms in total. The third kappa shape index (κ3) is 2.86. The first kappa shape index (κ1) is 16.7. The molecule has 0 spiro atoms. The predicted molar refractivity (Wildman–Crippen MR) is 111 cm³/mol. The second kappa shape index (κ2) is 6.89. The molecule has 0 saturated carbocycles. The molecule has 2 unspecified atom stereocenters. The Kier molecular flexibility index (Phi) is 4.43. The molecule has 4 heteroatoms. The molecule has 2 aromatic carbocycles. The molecule has 0 radical (unpaired) electrons. The van der Waals surface area contributed by atoms with Crippen molar-refractivity contribution < 1.29 is 0 Å². The van der Waals surface area contributed by atoms with Crippen molar-refractivity contribution in [3.63, 3.8) is 0 Å². The van der Waals surface area contributed by atoms with Crippen LogP contribution in [-0.4, -0.2) is 23.1 Å². The van der Waals surface area contributed by atoms with Crippen LogP contribution in [-0.2, 0) is 0 Å². The predicted octanol–water partition coefficient (Wildman–Crippen LogP) is 4.93. The molecule has 3 heterocycles. The largest absolute Gasteiger partial charge is 0.371 e. The molecule has 0 saturated heterocycles. The lowest BCUT2D eigenvalue weighted by Crippen LogP contribution is -2.08. The molecule has 5 N–H and O–H groups in total.